The first-order valence-corrected chi connectivity index (χ1v) is 3.10. The molecule has 1 aromatic rings. The molecule has 0 N–H and O–H groups in total. The van der Waals surface area contributed by atoms with Gasteiger partial charge in [0.25, 0.3) is 0 Å². The molecule has 0 saturated heterocycles. The Morgan fingerprint density at radius 2 is 2.56 bits per heavy atom. The molecule has 0 spiro atoms. The highest BCUT2D eigenvalue weighted by atomic mass is 16.3. The lowest BCUT2D eigenvalue weighted by Gasteiger charge is -1.96. The van der Waals surface area contributed by atoms with Gasteiger partial charge in [0.1, 0.15) is 0 Å². The average molecular weight is 124 g/mol. The van der Waals surface area contributed by atoms with Crippen LogP contribution in [0.1, 0.15) is 19.7 Å². The number of aromatic nitrogens is 1. The Labute approximate surface area is 54.9 Å². The van der Waals surface area contributed by atoms with Crippen molar-refractivity contribution >= 4 is 0 Å². The largest absolute Gasteiger partial charge is 0.437 e. The fourth-order valence-corrected chi connectivity index (χ4v) is 0.663. The second-order valence-electron chi connectivity index (χ2n) is 2.47. The molecule has 1 radical (unpaired) electrons. The van der Waals surface area contributed by atoms with E-state index >= 15 is 0 Å². The molecule has 1 rings (SSSR count). The molecule has 9 heavy (non-hydrogen) atoms. The third-order valence-corrected chi connectivity index (χ3v) is 1.02. The predicted octanol–water partition coefficient (Wildman–Crippen LogP) is 1.67. The third kappa shape index (κ3) is 1.88. The topological polar surface area (TPSA) is 26.0 Å². The van der Waals surface area contributed by atoms with Crippen LogP contribution >= 0.6 is 0 Å². The highest BCUT2D eigenvalue weighted by molar-refractivity contribution is 4.79. The van der Waals surface area contributed by atoms with E-state index in [0.29, 0.717) is 5.92 Å². The van der Waals surface area contributed by atoms with E-state index < -0.39 is 0 Å². The molecule has 2 nitrogen and oxygen atoms in total. The van der Waals surface area contributed by atoms with E-state index in [-0.39, 0.29) is 0 Å². The number of hydrogen-bond donors (Lipinski definition) is 0. The van der Waals surface area contributed by atoms with E-state index in [0.717, 1.165) is 12.3 Å². The Hall–Kier alpha value is -0.790. The van der Waals surface area contributed by atoms with Gasteiger partial charge < -0.3 is 4.42 Å². The monoisotopic (exact) mass is 124 g/mol. The Bertz CT molecular complexity index is 155. The second-order valence-corrected chi connectivity index (χ2v) is 2.47. The number of nitrogens with zero attached hydrogens (tertiary/aromatic N) is 1. The van der Waals surface area contributed by atoms with E-state index in [1.165, 1.54) is 0 Å². The van der Waals surface area contributed by atoms with Crippen LogP contribution in [0.2, 0.25) is 0 Å². The molecule has 0 aliphatic carbocycles. The van der Waals surface area contributed by atoms with Crippen LogP contribution in [0.4, 0.5) is 0 Å². The van der Waals surface area contributed by atoms with Crippen LogP contribution in [0.15, 0.2) is 10.6 Å². The van der Waals surface area contributed by atoms with Crippen LogP contribution < -0.4 is 0 Å². The first-order chi connectivity index (χ1) is 4.29. The summed E-state index contributed by atoms with van der Waals surface area (Å²) in [7, 11) is 0. The summed E-state index contributed by atoms with van der Waals surface area (Å²) in [4.78, 5) is 3.93. The van der Waals surface area contributed by atoms with E-state index in [1.807, 2.05) is 0 Å². The summed E-state index contributed by atoms with van der Waals surface area (Å²) in [5, 5.41) is 0. The highest BCUT2D eigenvalue weighted by Gasteiger charge is 1.99. The van der Waals surface area contributed by atoms with Gasteiger partial charge in [0.05, 0.1) is 6.20 Å². The van der Waals surface area contributed by atoms with Gasteiger partial charge >= 0.3 is 0 Å². The Morgan fingerprint density at radius 3 is 3.00 bits per heavy atom. The summed E-state index contributed by atoms with van der Waals surface area (Å²) in [6.45, 7) is 4.26. The van der Waals surface area contributed by atoms with E-state index in [9.17, 15) is 0 Å². The van der Waals surface area contributed by atoms with Crippen molar-refractivity contribution in [1.29, 1.82) is 0 Å². The molecule has 0 aliphatic heterocycles. The molecular formula is C7H10NO. The third-order valence-electron chi connectivity index (χ3n) is 1.02. The van der Waals surface area contributed by atoms with Gasteiger partial charge in [-0.05, 0) is 5.92 Å². The molecule has 49 valence electrons. The summed E-state index contributed by atoms with van der Waals surface area (Å²) >= 11 is 0. The van der Waals surface area contributed by atoms with Crippen molar-refractivity contribution in [2.24, 2.45) is 5.92 Å². The van der Waals surface area contributed by atoms with Crippen LogP contribution in [0.3, 0.4) is 0 Å². The van der Waals surface area contributed by atoms with Gasteiger partial charge in [-0.1, -0.05) is 13.8 Å². The Kier molecular flexibility index (Phi) is 1.88. The van der Waals surface area contributed by atoms with E-state index in [1.54, 1.807) is 6.20 Å². The van der Waals surface area contributed by atoms with Crippen molar-refractivity contribution in [2.45, 2.75) is 20.3 Å². The first-order valence-electron chi connectivity index (χ1n) is 3.10. The standard InChI is InChI=1S/C7H10NO/c1-6(2)5-7-8-3-4-9-7/h3,6H,5H2,1-2H3. The highest BCUT2D eigenvalue weighted by Crippen LogP contribution is 2.03. The van der Waals surface area contributed by atoms with Gasteiger partial charge in [-0.15, -0.1) is 0 Å². The molecule has 1 heterocycles. The molecule has 0 atom stereocenters. The number of oxazole rings is 1. The molecule has 2 heteroatoms. The van der Waals surface area contributed by atoms with Crippen LogP contribution in [-0.4, -0.2) is 4.98 Å². The van der Waals surface area contributed by atoms with Crippen LogP contribution in [0.5, 0.6) is 0 Å². The zero-order valence-corrected chi connectivity index (χ0v) is 5.72. The van der Waals surface area contributed by atoms with Crippen LogP contribution in [0.25, 0.3) is 0 Å². The van der Waals surface area contributed by atoms with Gasteiger partial charge in [-0.2, -0.15) is 0 Å². The summed E-state index contributed by atoms with van der Waals surface area (Å²) in [5.41, 5.74) is 0. The summed E-state index contributed by atoms with van der Waals surface area (Å²) in [6, 6.07) is 0. The van der Waals surface area contributed by atoms with E-state index in [4.69, 9.17) is 4.42 Å². The smallest absolute Gasteiger partial charge is 0.195 e. The lowest BCUT2D eigenvalue weighted by molar-refractivity contribution is 0.453. The maximum absolute atomic E-state index is 4.91. The molecule has 0 saturated carbocycles. The zero-order chi connectivity index (χ0) is 6.69. The maximum atomic E-state index is 4.91. The van der Waals surface area contributed by atoms with Crippen LogP contribution in [-0.2, 0) is 6.42 Å². The summed E-state index contributed by atoms with van der Waals surface area (Å²) in [6.07, 6.45) is 5.01. The molecule has 0 aromatic carbocycles. The predicted molar refractivity (Wildman–Crippen MR) is 33.9 cm³/mol. The van der Waals surface area contributed by atoms with Gasteiger partial charge in [-0.25, -0.2) is 4.98 Å². The fraction of sp³-hybridized carbons (Fsp3) is 0.571. The molecule has 1 aromatic heterocycles. The van der Waals surface area contributed by atoms with Crippen molar-refractivity contribution < 1.29 is 4.42 Å². The van der Waals surface area contributed by atoms with Gasteiger partial charge in [0.2, 0.25) is 0 Å². The molecule has 0 bridgehead atoms. The average Bonchev–Trinajstić information content (AvgIpc) is 2.15. The van der Waals surface area contributed by atoms with Crippen LogP contribution in [0, 0.1) is 12.2 Å². The van der Waals surface area contributed by atoms with Gasteiger partial charge in [-0.3, -0.25) is 0 Å². The normalized spacial score (nSPS) is 10.6. The van der Waals surface area contributed by atoms with Gasteiger partial charge in [0.15, 0.2) is 12.2 Å². The minimum absolute atomic E-state index is 0.608. The minimum Gasteiger partial charge on any atom is -0.437 e. The SMILES string of the molecule is CC(C)Cc1nc[c]o1. The van der Waals surface area contributed by atoms with E-state index in [2.05, 4.69) is 25.1 Å². The lowest BCUT2D eigenvalue weighted by Crippen LogP contribution is -1.92. The molecule has 0 aliphatic rings. The minimum atomic E-state index is 0.608. The first kappa shape index (κ1) is 6.33. The summed E-state index contributed by atoms with van der Waals surface area (Å²) in [5.74, 6) is 1.39. The lowest BCUT2D eigenvalue weighted by atomic mass is 10.1. The second kappa shape index (κ2) is 2.67. The van der Waals surface area contributed by atoms with Crippen molar-refractivity contribution in [2.75, 3.05) is 0 Å². The van der Waals surface area contributed by atoms with Crippen molar-refractivity contribution in [3.63, 3.8) is 0 Å². The molecule has 0 unspecified atom stereocenters. The zero-order valence-electron chi connectivity index (χ0n) is 5.72. The molecular weight excluding hydrogens is 114 g/mol. The van der Waals surface area contributed by atoms with Crippen molar-refractivity contribution in [3.8, 4) is 0 Å². The van der Waals surface area contributed by atoms with Crippen molar-refractivity contribution in [1.82, 2.24) is 4.98 Å². The van der Waals surface area contributed by atoms with Gasteiger partial charge in [0, 0.05) is 6.42 Å². The number of hydrogen-bond acceptors (Lipinski definition) is 2. The van der Waals surface area contributed by atoms with Crippen molar-refractivity contribution in [3.05, 3.63) is 18.4 Å². The summed E-state index contributed by atoms with van der Waals surface area (Å²) < 4.78 is 4.91. The number of rotatable bonds is 2. The quantitative estimate of drug-likeness (QED) is 0.599. The Morgan fingerprint density at radius 1 is 1.78 bits per heavy atom. The Balaban J connectivity index is 2.48. The molecule has 0 fully saturated rings. The maximum Gasteiger partial charge on any atom is 0.195 e. The fourth-order valence-electron chi connectivity index (χ4n) is 0.663. The molecule has 0 amide bonds.